The van der Waals surface area contributed by atoms with E-state index in [-0.39, 0.29) is 5.02 Å². The molecule has 0 saturated carbocycles. The number of hydrogen-bond donors (Lipinski definition) is 1. The van der Waals surface area contributed by atoms with Gasteiger partial charge in [0, 0.05) is 6.08 Å². The maximum atomic E-state index is 12.7. The smallest absolute Gasteiger partial charge is 0.370 e. The zero-order valence-corrected chi connectivity index (χ0v) is 13.3. The van der Waals surface area contributed by atoms with Crippen LogP contribution in [0, 0.1) is 0 Å². The van der Waals surface area contributed by atoms with Crippen LogP contribution in [-0.4, -0.2) is 39.4 Å². The number of pyridine rings is 1. The third-order valence-corrected chi connectivity index (χ3v) is 4.56. The lowest BCUT2D eigenvalue weighted by Crippen LogP contribution is -3.12. The predicted molar refractivity (Wildman–Crippen MR) is 79.4 cm³/mol. The van der Waals surface area contributed by atoms with Gasteiger partial charge < -0.3 is 9.64 Å². The molecule has 3 heterocycles. The molecular weight excluding hydrogens is 331 g/mol. The van der Waals surface area contributed by atoms with E-state index >= 15 is 0 Å². The van der Waals surface area contributed by atoms with Gasteiger partial charge in [0.15, 0.2) is 0 Å². The number of aromatic amines is 1. The molecule has 0 aromatic carbocycles. The Labute approximate surface area is 137 Å². The number of nitrogens with zero attached hydrogens (tertiary/aromatic N) is 1. The highest BCUT2D eigenvalue weighted by atomic mass is 35.5. The van der Waals surface area contributed by atoms with E-state index in [1.165, 1.54) is 10.6 Å². The molecule has 0 spiro atoms. The van der Waals surface area contributed by atoms with E-state index in [0.29, 0.717) is 12.4 Å². The summed E-state index contributed by atoms with van der Waals surface area (Å²) in [6, 6.07) is 0.972. The number of alkyl halides is 3. The van der Waals surface area contributed by atoms with Crippen LogP contribution in [0.3, 0.4) is 0 Å². The number of quaternary nitrogens is 1. The fourth-order valence-electron chi connectivity index (χ4n) is 3.00. The second kappa shape index (κ2) is 6.67. The van der Waals surface area contributed by atoms with Gasteiger partial charge in [0.05, 0.1) is 31.7 Å². The zero-order valence-electron chi connectivity index (χ0n) is 12.5. The van der Waals surface area contributed by atoms with E-state index in [1.54, 1.807) is 0 Å². The zero-order chi connectivity index (χ0) is 16.4. The Hall–Kier alpha value is -1.31. The van der Waals surface area contributed by atoms with Crippen LogP contribution in [0.2, 0.25) is 5.02 Å². The van der Waals surface area contributed by atoms with Crippen molar-refractivity contribution in [3.8, 4) is 0 Å². The molecule has 2 aliphatic rings. The summed E-state index contributed by atoms with van der Waals surface area (Å²) >= 11 is 6.04. The van der Waals surface area contributed by atoms with Crippen LogP contribution in [0.15, 0.2) is 24.0 Å². The highest BCUT2D eigenvalue weighted by Crippen LogP contribution is 2.32. The van der Waals surface area contributed by atoms with Crippen LogP contribution >= 0.6 is 11.6 Å². The van der Waals surface area contributed by atoms with Crippen molar-refractivity contribution in [1.82, 2.24) is 0 Å². The summed E-state index contributed by atoms with van der Waals surface area (Å²) in [5, 5.41) is 0.0930. The van der Waals surface area contributed by atoms with Crippen LogP contribution in [0.4, 0.5) is 19.0 Å². The minimum Gasteiger partial charge on any atom is -0.370 e. The molecule has 4 nitrogen and oxygen atoms in total. The molecule has 1 saturated heterocycles. The summed E-state index contributed by atoms with van der Waals surface area (Å²) in [5.74, 6) is 0.534. The average Bonchev–Trinajstić information content (AvgIpc) is 2.55. The van der Waals surface area contributed by atoms with Crippen LogP contribution in [0.25, 0.3) is 0 Å². The number of ether oxygens (including phenoxy) is 1. The summed E-state index contributed by atoms with van der Waals surface area (Å²) in [6.07, 6.45) is -0.409. The third-order valence-electron chi connectivity index (χ3n) is 4.28. The lowest BCUT2D eigenvalue weighted by Gasteiger charge is -2.29. The number of H-pyrrole nitrogens is 1. The first-order valence-corrected chi connectivity index (χ1v) is 7.98. The summed E-state index contributed by atoms with van der Waals surface area (Å²) in [7, 11) is 0. The average molecular weight is 350 g/mol. The SMILES string of the molecule is FC(F)(F)c1c[nH+]c(N2CC=C([NH+]3CCOCC3)CC2)c(Cl)c1. The first kappa shape index (κ1) is 16.5. The number of aromatic nitrogens is 1. The molecule has 0 atom stereocenters. The molecule has 1 aromatic heterocycles. The number of morpholine rings is 1. The Morgan fingerprint density at radius 2 is 2.00 bits per heavy atom. The Bertz CT molecular complexity index is 600. The topological polar surface area (TPSA) is 31.1 Å². The van der Waals surface area contributed by atoms with Gasteiger partial charge in [0.1, 0.15) is 36.6 Å². The van der Waals surface area contributed by atoms with Crippen LogP contribution in [-0.2, 0) is 10.9 Å². The van der Waals surface area contributed by atoms with Crippen molar-refractivity contribution in [3.05, 3.63) is 34.6 Å². The quantitative estimate of drug-likeness (QED) is 0.869. The molecule has 23 heavy (non-hydrogen) atoms. The molecule has 0 bridgehead atoms. The molecule has 1 aromatic rings. The maximum Gasteiger partial charge on any atom is 0.419 e. The van der Waals surface area contributed by atoms with E-state index in [4.69, 9.17) is 16.3 Å². The Kier molecular flexibility index (Phi) is 4.79. The molecule has 8 heteroatoms. The second-order valence-electron chi connectivity index (χ2n) is 5.72. The summed E-state index contributed by atoms with van der Waals surface area (Å²) in [4.78, 5) is 6.10. The van der Waals surface area contributed by atoms with E-state index in [0.717, 1.165) is 51.5 Å². The van der Waals surface area contributed by atoms with Crippen molar-refractivity contribution in [2.24, 2.45) is 0 Å². The highest BCUT2D eigenvalue weighted by Gasteiger charge is 2.34. The number of halogens is 4. The molecule has 126 valence electrons. The van der Waals surface area contributed by atoms with Crippen LogP contribution < -0.4 is 14.8 Å². The lowest BCUT2D eigenvalue weighted by atomic mass is 10.1. The minimum absolute atomic E-state index is 0.0930. The van der Waals surface area contributed by atoms with Gasteiger partial charge in [-0.2, -0.15) is 13.2 Å². The van der Waals surface area contributed by atoms with E-state index in [2.05, 4.69) is 11.1 Å². The van der Waals surface area contributed by atoms with Gasteiger partial charge in [-0.1, -0.05) is 11.6 Å². The van der Waals surface area contributed by atoms with Crippen molar-refractivity contribution in [3.63, 3.8) is 0 Å². The molecular formula is C15H19ClF3N3O+2. The first-order valence-electron chi connectivity index (χ1n) is 7.60. The molecule has 0 unspecified atom stereocenters. The fourth-order valence-corrected chi connectivity index (χ4v) is 3.29. The van der Waals surface area contributed by atoms with Crippen molar-refractivity contribution in [2.45, 2.75) is 12.6 Å². The van der Waals surface area contributed by atoms with Gasteiger partial charge in [0.2, 0.25) is 0 Å². The minimum atomic E-state index is -4.40. The largest absolute Gasteiger partial charge is 0.419 e. The van der Waals surface area contributed by atoms with Crippen LogP contribution in [0.5, 0.6) is 0 Å². The van der Waals surface area contributed by atoms with Crippen molar-refractivity contribution in [1.29, 1.82) is 0 Å². The summed E-state index contributed by atoms with van der Waals surface area (Å²) < 4.78 is 43.4. The van der Waals surface area contributed by atoms with Crippen molar-refractivity contribution >= 4 is 17.4 Å². The summed E-state index contributed by atoms with van der Waals surface area (Å²) in [6.45, 7) is 4.86. The molecule has 3 rings (SSSR count). The van der Waals surface area contributed by atoms with Crippen molar-refractivity contribution in [2.75, 3.05) is 44.3 Å². The van der Waals surface area contributed by atoms with Gasteiger partial charge in [-0.15, -0.1) is 0 Å². The number of rotatable bonds is 2. The normalized spacial score (nSPS) is 20.5. The maximum absolute atomic E-state index is 12.7. The van der Waals surface area contributed by atoms with Gasteiger partial charge >= 0.3 is 6.18 Å². The molecule has 1 fully saturated rings. The third kappa shape index (κ3) is 3.79. The Balaban J connectivity index is 1.71. The van der Waals surface area contributed by atoms with E-state index in [9.17, 15) is 13.2 Å². The number of hydrogen-bond acceptors (Lipinski definition) is 2. The van der Waals surface area contributed by atoms with Gasteiger partial charge in [-0.05, 0) is 6.07 Å². The fraction of sp³-hybridized carbons (Fsp3) is 0.533. The molecule has 2 N–H and O–H groups in total. The standard InChI is InChI=1S/C15H17ClF3N3O/c16-13-9-11(15(17,18)19)10-20-14(13)22-3-1-12(2-4-22)21-5-7-23-8-6-21/h1,9-10H,2-8H2/p+2. The summed E-state index contributed by atoms with van der Waals surface area (Å²) in [5.41, 5.74) is 0.588. The molecule has 0 radical (unpaired) electrons. The first-order chi connectivity index (χ1) is 10.9. The van der Waals surface area contributed by atoms with Gasteiger partial charge in [0.25, 0.3) is 5.82 Å². The highest BCUT2D eigenvalue weighted by molar-refractivity contribution is 6.32. The Morgan fingerprint density at radius 3 is 2.57 bits per heavy atom. The van der Waals surface area contributed by atoms with Gasteiger partial charge in [-0.3, -0.25) is 4.90 Å². The van der Waals surface area contributed by atoms with E-state index in [1.807, 2.05) is 4.90 Å². The monoisotopic (exact) mass is 349 g/mol. The lowest BCUT2D eigenvalue weighted by molar-refractivity contribution is -0.871. The Morgan fingerprint density at radius 1 is 1.26 bits per heavy atom. The van der Waals surface area contributed by atoms with Crippen LogP contribution in [0.1, 0.15) is 12.0 Å². The van der Waals surface area contributed by atoms with E-state index < -0.39 is 11.7 Å². The second-order valence-corrected chi connectivity index (χ2v) is 6.13. The van der Waals surface area contributed by atoms with Gasteiger partial charge in [-0.25, -0.2) is 4.98 Å². The molecule has 2 aliphatic heterocycles. The number of anilines is 1. The number of nitrogens with one attached hydrogen (secondary N) is 2. The van der Waals surface area contributed by atoms with Crippen molar-refractivity contribution < 1.29 is 27.8 Å². The molecule has 0 amide bonds. The molecule has 0 aliphatic carbocycles. The predicted octanol–water partition coefficient (Wildman–Crippen LogP) is 1.18.